The third-order valence-electron chi connectivity index (χ3n) is 3.42. The summed E-state index contributed by atoms with van der Waals surface area (Å²) in [6.07, 6.45) is 0. The number of benzene rings is 2. The molecule has 0 aliphatic rings. The summed E-state index contributed by atoms with van der Waals surface area (Å²) in [5.74, 6) is -0.779. The second kappa shape index (κ2) is 8.69. The van der Waals surface area contributed by atoms with Crippen molar-refractivity contribution in [1.29, 1.82) is 0 Å². The van der Waals surface area contributed by atoms with Gasteiger partial charge in [0.05, 0.1) is 13.7 Å². The molecular weight excluding hydrogens is 308 g/mol. The van der Waals surface area contributed by atoms with Gasteiger partial charge in [-0.05, 0) is 29.8 Å². The van der Waals surface area contributed by atoms with Crippen molar-refractivity contribution >= 4 is 17.5 Å². The summed E-state index contributed by atoms with van der Waals surface area (Å²) in [5, 5.41) is 11.7. The van der Waals surface area contributed by atoms with Crippen LogP contribution in [0, 0.1) is 0 Å². The fraction of sp³-hybridized carbons (Fsp3) is 0.222. The van der Waals surface area contributed by atoms with E-state index in [9.17, 15) is 9.59 Å². The van der Waals surface area contributed by atoms with Crippen LogP contribution >= 0.6 is 0 Å². The summed E-state index contributed by atoms with van der Waals surface area (Å²) in [6, 6.07) is 16.0. The predicted molar refractivity (Wildman–Crippen MR) is 90.6 cm³/mol. The summed E-state index contributed by atoms with van der Waals surface area (Å²) in [4.78, 5) is 25.8. The van der Waals surface area contributed by atoms with Crippen LogP contribution in [-0.2, 0) is 16.1 Å². The summed E-state index contributed by atoms with van der Waals surface area (Å²) in [6.45, 7) is 0.133. The Morgan fingerprint density at radius 2 is 1.75 bits per heavy atom. The first kappa shape index (κ1) is 17.5. The van der Waals surface area contributed by atoms with E-state index in [1.54, 1.807) is 31.4 Å². The highest BCUT2D eigenvalue weighted by atomic mass is 16.5. The highest BCUT2D eigenvalue weighted by Crippen LogP contribution is 2.15. The zero-order valence-corrected chi connectivity index (χ0v) is 13.4. The number of aliphatic hydroxyl groups excluding tert-OH is 1. The molecule has 126 valence electrons. The minimum absolute atomic E-state index is 0.0871. The molecule has 2 aromatic rings. The van der Waals surface area contributed by atoms with Gasteiger partial charge < -0.3 is 20.1 Å². The molecule has 0 saturated carbocycles. The van der Waals surface area contributed by atoms with Gasteiger partial charge in [-0.2, -0.15) is 0 Å². The smallest absolute Gasteiger partial charge is 0.313 e. The van der Waals surface area contributed by atoms with Crippen LogP contribution in [0.4, 0.5) is 5.69 Å². The fourth-order valence-corrected chi connectivity index (χ4v) is 2.18. The first-order valence-electron chi connectivity index (χ1n) is 7.53. The Morgan fingerprint density at radius 3 is 2.33 bits per heavy atom. The Hall–Kier alpha value is -2.86. The van der Waals surface area contributed by atoms with Crippen LogP contribution in [-0.4, -0.2) is 42.1 Å². The standard InChI is InChI=1S/C18H20N2O4/c1-24-16-9-7-15(8-10-16)19-17(22)18(23)20(11-12-21)13-14-5-3-2-4-6-14/h2-10,21H,11-13H2,1H3,(H,19,22). The van der Waals surface area contributed by atoms with E-state index in [-0.39, 0.29) is 19.7 Å². The SMILES string of the molecule is COc1ccc(NC(=O)C(=O)N(CCO)Cc2ccccc2)cc1. The second-order valence-corrected chi connectivity index (χ2v) is 5.12. The van der Waals surface area contributed by atoms with Gasteiger partial charge in [0.25, 0.3) is 0 Å². The number of rotatable bonds is 6. The normalized spacial score (nSPS) is 10.1. The van der Waals surface area contributed by atoms with E-state index >= 15 is 0 Å². The molecule has 2 amide bonds. The number of nitrogens with zero attached hydrogens (tertiary/aromatic N) is 1. The first-order chi connectivity index (χ1) is 11.6. The number of hydrogen-bond donors (Lipinski definition) is 2. The number of amides is 2. The lowest BCUT2D eigenvalue weighted by Crippen LogP contribution is -2.40. The van der Waals surface area contributed by atoms with E-state index < -0.39 is 11.8 Å². The van der Waals surface area contributed by atoms with Crippen LogP contribution < -0.4 is 10.1 Å². The maximum absolute atomic E-state index is 12.3. The van der Waals surface area contributed by atoms with Gasteiger partial charge in [0, 0.05) is 18.8 Å². The molecule has 2 N–H and O–H groups in total. The number of carbonyl (C=O) groups is 2. The molecule has 24 heavy (non-hydrogen) atoms. The van der Waals surface area contributed by atoms with E-state index in [4.69, 9.17) is 9.84 Å². The third kappa shape index (κ3) is 4.82. The number of methoxy groups -OCH3 is 1. The average molecular weight is 328 g/mol. The monoisotopic (exact) mass is 328 g/mol. The average Bonchev–Trinajstić information content (AvgIpc) is 2.62. The third-order valence-corrected chi connectivity index (χ3v) is 3.42. The van der Waals surface area contributed by atoms with Gasteiger partial charge >= 0.3 is 11.8 Å². The van der Waals surface area contributed by atoms with Crippen LogP contribution in [0.3, 0.4) is 0 Å². The molecular formula is C18H20N2O4. The highest BCUT2D eigenvalue weighted by Gasteiger charge is 2.21. The first-order valence-corrected chi connectivity index (χ1v) is 7.53. The lowest BCUT2D eigenvalue weighted by atomic mass is 10.2. The number of ether oxygens (including phenoxy) is 1. The predicted octanol–water partition coefficient (Wildman–Crippen LogP) is 1.65. The highest BCUT2D eigenvalue weighted by molar-refractivity contribution is 6.39. The number of nitrogens with one attached hydrogen (secondary N) is 1. The summed E-state index contributed by atoms with van der Waals surface area (Å²) < 4.78 is 5.04. The molecule has 2 rings (SSSR count). The van der Waals surface area contributed by atoms with Crippen LogP contribution in [0.1, 0.15) is 5.56 Å². The molecule has 6 nitrogen and oxygen atoms in total. The Labute approximate surface area is 140 Å². The molecule has 0 saturated heterocycles. The minimum Gasteiger partial charge on any atom is -0.497 e. The van der Waals surface area contributed by atoms with Crippen LogP contribution in [0.25, 0.3) is 0 Å². The van der Waals surface area contributed by atoms with Gasteiger partial charge in [0.2, 0.25) is 0 Å². The Morgan fingerprint density at radius 1 is 1.08 bits per heavy atom. The summed E-state index contributed by atoms with van der Waals surface area (Å²) >= 11 is 0. The number of anilines is 1. The van der Waals surface area contributed by atoms with Crippen molar-refractivity contribution in [3.8, 4) is 5.75 Å². The van der Waals surface area contributed by atoms with Crippen molar-refractivity contribution in [2.24, 2.45) is 0 Å². The van der Waals surface area contributed by atoms with Gasteiger partial charge in [-0.3, -0.25) is 9.59 Å². The molecule has 0 atom stereocenters. The molecule has 0 aromatic heterocycles. The molecule has 0 heterocycles. The zero-order chi connectivity index (χ0) is 17.4. The van der Waals surface area contributed by atoms with Crippen molar-refractivity contribution in [1.82, 2.24) is 4.90 Å². The Kier molecular flexibility index (Phi) is 6.33. The Balaban J connectivity index is 2.03. The topological polar surface area (TPSA) is 78.9 Å². The van der Waals surface area contributed by atoms with Crippen molar-refractivity contribution in [3.63, 3.8) is 0 Å². The van der Waals surface area contributed by atoms with Crippen molar-refractivity contribution < 1.29 is 19.4 Å². The molecule has 6 heteroatoms. The van der Waals surface area contributed by atoms with Gasteiger partial charge in [-0.1, -0.05) is 30.3 Å². The number of carbonyl (C=O) groups excluding carboxylic acids is 2. The molecule has 0 aliphatic carbocycles. The molecule has 0 unspecified atom stereocenters. The molecule has 0 aliphatic heterocycles. The quantitative estimate of drug-likeness (QED) is 0.791. The second-order valence-electron chi connectivity index (χ2n) is 5.12. The van der Waals surface area contributed by atoms with Gasteiger partial charge in [-0.25, -0.2) is 0 Å². The van der Waals surface area contributed by atoms with Crippen molar-refractivity contribution in [2.75, 3.05) is 25.6 Å². The zero-order valence-electron chi connectivity index (χ0n) is 13.4. The Bertz CT molecular complexity index is 671. The van der Waals surface area contributed by atoms with Crippen LogP contribution in [0.15, 0.2) is 54.6 Å². The van der Waals surface area contributed by atoms with E-state index in [1.165, 1.54) is 4.90 Å². The fourth-order valence-electron chi connectivity index (χ4n) is 2.18. The molecule has 0 bridgehead atoms. The van der Waals surface area contributed by atoms with E-state index in [2.05, 4.69) is 5.32 Å². The molecule has 0 fully saturated rings. The van der Waals surface area contributed by atoms with Crippen molar-refractivity contribution in [3.05, 3.63) is 60.2 Å². The lowest BCUT2D eigenvalue weighted by molar-refractivity contribution is -0.143. The van der Waals surface area contributed by atoms with Gasteiger partial charge in [0.1, 0.15) is 5.75 Å². The molecule has 2 aromatic carbocycles. The largest absolute Gasteiger partial charge is 0.497 e. The molecule has 0 radical (unpaired) electrons. The number of hydrogen-bond acceptors (Lipinski definition) is 4. The van der Waals surface area contributed by atoms with E-state index in [0.717, 1.165) is 5.56 Å². The summed E-state index contributed by atoms with van der Waals surface area (Å²) in [5.41, 5.74) is 1.38. The van der Waals surface area contributed by atoms with E-state index in [0.29, 0.717) is 11.4 Å². The van der Waals surface area contributed by atoms with E-state index in [1.807, 2.05) is 30.3 Å². The summed E-state index contributed by atoms with van der Waals surface area (Å²) in [7, 11) is 1.55. The van der Waals surface area contributed by atoms with Crippen molar-refractivity contribution in [2.45, 2.75) is 6.54 Å². The van der Waals surface area contributed by atoms with Crippen LogP contribution in [0.5, 0.6) is 5.75 Å². The maximum atomic E-state index is 12.3. The lowest BCUT2D eigenvalue weighted by Gasteiger charge is -2.21. The minimum atomic E-state index is -0.746. The van der Waals surface area contributed by atoms with Gasteiger partial charge in [-0.15, -0.1) is 0 Å². The number of aliphatic hydroxyl groups is 1. The molecule has 0 spiro atoms. The van der Waals surface area contributed by atoms with Gasteiger partial charge in [0.15, 0.2) is 0 Å². The van der Waals surface area contributed by atoms with Crippen LogP contribution in [0.2, 0.25) is 0 Å². The maximum Gasteiger partial charge on any atom is 0.313 e.